The SMILES string of the molecule is O[Si](c1ccccc1CCl)(c1ccccc1CCl)c1ccccc1CCl. The summed E-state index contributed by atoms with van der Waals surface area (Å²) >= 11 is 18.7. The van der Waals surface area contributed by atoms with Crippen molar-refractivity contribution in [1.29, 1.82) is 0 Å². The van der Waals surface area contributed by atoms with Gasteiger partial charge in [-0.1, -0.05) is 72.8 Å². The highest BCUT2D eigenvalue weighted by atomic mass is 35.5. The van der Waals surface area contributed by atoms with E-state index < -0.39 is 8.32 Å². The molecule has 0 amide bonds. The van der Waals surface area contributed by atoms with E-state index in [9.17, 15) is 4.80 Å². The fourth-order valence-corrected chi connectivity index (χ4v) is 8.23. The normalized spacial score (nSPS) is 11.5. The lowest BCUT2D eigenvalue weighted by atomic mass is 10.2. The lowest BCUT2D eigenvalue weighted by molar-refractivity contribution is 0.582. The van der Waals surface area contributed by atoms with E-state index in [4.69, 9.17) is 34.8 Å². The summed E-state index contributed by atoms with van der Waals surface area (Å²) in [5.41, 5.74) is 2.78. The third kappa shape index (κ3) is 3.45. The molecule has 0 aromatic heterocycles. The van der Waals surface area contributed by atoms with Crippen molar-refractivity contribution in [2.75, 3.05) is 0 Å². The Morgan fingerprint density at radius 1 is 0.538 bits per heavy atom. The molecule has 3 rings (SSSR count). The molecule has 3 aromatic rings. The third-order valence-corrected chi connectivity index (χ3v) is 9.32. The van der Waals surface area contributed by atoms with Crippen LogP contribution in [0.3, 0.4) is 0 Å². The summed E-state index contributed by atoms with van der Waals surface area (Å²) in [6, 6.07) is 23.5. The van der Waals surface area contributed by atoms with Gasteiger partial charge in [-0.05, 0) is 32.3 Å². The van der Waals surface area contributed by atoms with Gasteiger partial charge < -0.3 is 4.80 Å². The summed E-state index contributed by atoms with van der Waals surface area (Å²) in [5, 5.41) is 2.64. The van der Waals surface area contributed by atoms with E-state index in [2.05, 4.69) is 0 Å². The number of rotatable bonds is 6. The van der Waals surface area contributed by atoms with Gasteiger partial charge in [0.1, 0.15) is 0 Å². The molecule has 0 fully saturated rings. The molecule has 0 aliphatic rings. The molecule has 0 heterocycles. The first kappa shape index (κ1) is 19.5. The van der Waals surface area contributed by atoms with Crippen LogP contribution in [-0.4, -0.2) is 13.1 Å². The molecule has 0 saturated carbocycles. The van der Waals surface area contributed by atoms with Crippen LogP contribution in [0.5, 0.6) is 0 Å². The monoisotopic (exact) mass is 420 g/mol. The zero-order valence-electron chi connectivity index (χ0n) is 14.1. The summed E-state index contributed by atoms with van der Waals surface area (Å²) in [6.45, 7) is 0. The van der Waals surface area contributed by atoms with E-state index in [1.54, 1.807) is 0 Å². The molecule has 0 saturated heterocycles. The minimum atomic E-state index is -3.33. The summed E-state index contributed by atoms with van der Waals surface area (Å²) in [4.78, 5) is 12.3. The molecule has 0 radical (unpaired) electrons. The molecule has 0 aliphatic carbocycles. The Morgan fingerprint density at radius 2 is 0.808 bits per heavy atom. The van der Waals surface area contributed by atoms with E-state index in [-0.39, 0.29) is 0 Å². The Morgan fingerprint density at radius 3 is 1.08 bits per heavy atom. The maximum atomic E-state index is 12.3. The molecular formula is C21H19Cl3OSi. The fourth-order valence-electron chi connectivity index (χ4n) is 3.40. The second-order valence-electron chi connectivity index (χ2n) is 6.08. The number of hydrogen-bond donors (Lipinski definition) is 1. The maximum absolute atomic E-state index is 12.3. The Labute approximate surface area is 170 Å². The molecular weight excluding hydrogens is 403 g/mol. The average Bonchev–Trinajstić information content (AvgIpc) is 2.73. The van der Waals surface area contributed by atoms with Gasteiger partial charge in [0.2, 0.25) is 0 Å². The van der Waals surface area contributed by atoms with Crippen LogP contribution in [-0.2, 0) is 17.6 Å². The lowest BCUT2D eigenvalue weighted by Crippen LogP contribution is -2.69. The second-order valence-corrected chi connectivity index (χ2v) is 9.92. The Bertz CT molecular complexity index is 782. The fraction of sp³-hybridized carbons (Fsp3) is 0.143. The van der Waals surface area contributed by atoms with Crippen molar-refractivity contribution in [3.63, 3.8) is 0 Å². The van der Waals surface area contributed by atoms with Crippen LogP contribution < -0.4 is 15.6 Å². The summed E-state index contributed by atoms with van der Waals surface area (Å²) in [5.74, 6) is 0.993. The van der Waals surface area contributed by atoms with Crippen LogP contribution >= 0.6 is 34.8 Å². The maximum Gasteiger partial charge on any atom is 0.286 e. The van der Waals surface area contributed by atoms with E-state index in [1.807, 2.05) is 72.8 Å². The number of benzene rings is 3. The zero-order chi connectivity index (χ0) is 18.6. The number of alkyl halides is 3. The molecule has 0 bridgehead atoms. The highest BCUT2D eigenvalue weighted by Crippen LogP contribution is 2.15. The predicted octanol–water partition coefficient (Wildman–Crippen LogP) is 3.86. The first-order valence-electron chi connectivity index (χ1n) is 8.32. The van der Waals surface area contributed by atoms with Gasteiger partial charge >= 0.3 is 0 Å². The van der Waals surface area contributed by atoms with Crippen LogP contribution in [0.15, 0.2) is 72.8 Å². The molecule has 5 heteroatoms. The van der Waals surface area contributed by atoms with Gasteiger partial charge in [-0.3, -0.25) is 0 Å². The quantitative estimate of drug-likeness (QED) is 0.364. The zero-order valence-corrected chi connectivity index (χ0v) is 17.4. The molecule has 0 atom stereocenters. The van der Waals surface area contributed by atoms with E-state index in [1.165, 1.54) is 0 Å². The average molecular weight is 422 g/mol. The van der Waals surface area contributed by atoms with Gasteiger partial charge in [0, 0.05) is 17.6 Å². The van der Waals surface area contributed by atoms with Gasteiger partial charge in [0.15, 0.2) is 0 Å². The Hall–Kier alpha value is -1.29. The van der Waals surface area contributed by atoms with Gasteiger partial charge in [0.25, 0.3) is 8.32 Å². The Kier molecular flexibility index (Phi) is 6.44. The highest BCUT2D eigenvalue weighted by Gasteiger charge is 2.42. The smallest absolute Gasteiger partial charge is 0.286 e. The van der Waals surface area contributed by atoms with Crippen LogP contribution in [0.1, 0.15) is 16.7 Å². The molecule has 1 nitrogen and oxygen atoms in total. The van der Waals surface area contributed by atoms with Crippen molar-refractivity contribution in [1.82, 2.24) is 0 Å². The van der Waals surface area contributed by atoms with Crippen molar-refractivity contribution >= 4 is 58.7 Å². The molecule has 0 unspecified atom stereocenters. The van der Waals surface area contributed by atoms with E-state index in [0.29, 0.717) is 17.6 Å². The van der Waals surface area contributed by atoms with Crippen LogP contribution in [0, 0.1) is 0 Å². The topological polar surface area (TPSA) is 20.2 Å². The minimum absolute atomic E-state index is 0.331. The summed E-state index contributed by atoms with van der Waals surface area (Å²) < 4.78 is 0. The molecule has 3 aromatic carbocycles. The molecule has 134 valence electrons. The predicted molar refractivity (Wildman–Crippen MR) is 115 cm³/mol. The summed E-state index contributed by atoms with van der Waals surface area (Å²) in [7, 11) is -3.33. The number of hydrogen-bond acceptors (Lipinski definition) is 1. The first-order valence-corrected chi connectivity index (χ1v) is 11.9. The molecule has 0 spiro atoms. The highest BCUT2D eigenvalue weighted by molar-refractivity contribution is 7.07. The second kappa shape index (κ2) is 8.60. The van der Waals surface area contributed by atoms with Crippen LogP contribution in [0.4, 0.5) is 0 Å². The largest absolute Gasteiger partial charge is 0.421 e. The van der Waals surface area contributed by atoms with Gasteiger partial charge in [-0.2, -0.15) is 0 Å². The first-order chi connectivity index (χ1) is 12.7. The van der Waals surface area contributed by atoms with Gasteiger partial charge in [0.05, 0.1) is 0 Å². The Balaban J connectivity index is 2.40. The van der Waals surface area contributed by atoms with E-state index in [0.717, 1.165) is 32.3 Å². The van der Waals surface area contributed by atoms with Crippen molar-refractivity contribution in [2.45, 2.75) is 17.6 Å². The van der Waals surface area contributed by atoms with E-state index >= 15 is 0 Å². The molecule has 26 heavy (non-hydrogen) atoms. The number of halogens is 3. The van der Waals surface area contributed by atoms with Crippen molar-refractivity contribution in [3.8, 4) is 0 Å². The summed E-state index contributed by atoms with van der Waals surface area (Å²) in [6.07, 6.45) is 0. The van der Waals surface area contributed by atoms with Gasteiger partial charge in [-0.15, -0.1) is 34.8 Å². The van der Waals surface area contributed by atoms with Crippen molar-refractivity contribution < 1.29 is 4.80 Å². The molecule has 1 N–H and O–H groups in total. The van der Waals surface area contributed by atoms with Crippen molar-refractivity contribution in [2.24, 2.45) is 0 Å². The lowest BCUT2D eigenvalue weighted by Gasteiger charge is -2.31. The molecule has 0 aliphatic heterocycles. The van der Waals surface area contributed by atoms with Crippen LogP contribution in [0.2, 0.25) is 0 Å². The van der Waals surface area contributed by atoms with Crippen molar-refractivity contribution in [3.05, 3.63) is 89.5 Å². The third-order valence-electron chi connectivity index (χ3n) is 4.65. The van der Waals surface area contributed by atoms with Gasteiger partial charge in [-0.25, -0.2) is 0 Å². The standard InChI is InChI=1S/C21H19Cl3OSi/c22-13-16-7-1-4-10-19(16)26(25,20-11-5-2-8-17(20)14-23)21-12-6-3-9-18(21)15-24/h1-12,25H,13-15H2. The minimum Gasteiger partial charge on any atom is -0.421 e. The van der Waals surface area contributed by atoms with Crippen LogP contribution in [0.25, 0.3) is 0 Å².